The number of carbonyl (C=O) groups is 1. The summed E-state index contributed by atoms with van der Waals surface area (Å²) in [6.07, 6.45) is -0.684. The molecule has 70 valence electrons. The Hall–Kier alpha value is -1.35. The van der Waals surface area contributed by atoms with Gasteiger partial charge in [-0.15, -0.1) is 0 Å². The highest BCUT2D eigenvalue weighted by Crippen LogP contribution is 2.18. The number of carboxylic acids is 1. The number of hydrogen-bond donors (Lipinski definition) is 2. The second-order valence-corrected chi connectivity index (χ2v) is 2.79. The smallest absolute Gasteiger partial charge is 0.337 e. The lowest BCUT2D eigenvalue weighted by molar-refractivity contribution is -0.147. The van der Waals surface area contributed by atoms with E-state index in [9.17, 15) is 9.90 Å². The van der Waals surface area contributed by atoms with Crippen LogP contribution < -0.4 is 0 Å². The number of benzene rings is 1. The molecule has 0 radical (unpaired) electrons. The molecule has 13 heavy (non-hydrogen) atoms. The summed E-state index contributed by atoms with van der Waals surface area (Å²) in [5, 5.41) is 17.9. The van der Waals surface area contributed by atoms with E-state index in [1.54, 1.807) is 12.1 Å². The largest absolute Gasteiger partial charge is 0.479 e. The van der Waals surface area contributed by atoms with Crippen LogP contribution in [0.4, 0.5) is 0 Å². The van der Waals surface area contributed by atoms with E-state index in [-0.39, 0.29) is 0 Å². The fourth-order valence-corrected chi connectivity index (χ4v) is 1.26. The molecule has 0 aliphatic carbocycles. The molecule has 3 heteroatoms. The summed E-state index contributed by atoms with van der Waals surface area (Å²) in [6, 6.07) is 7.01. The fourth-order valence-electron chi connectivity index (χ4n) is 1.26. The molecule has 1 rings (SSSR count). The van der Waals surface area contributed by atoms with Crippen molar-refractivity contribution in [3.8, 4) is 0 Å². The van der Waals surface area contributed by atoms with Crippen LogP contribution in [0.1, 0.15) is 24.2 Å². The van der Waals surface area contributed by atoms with Gasteiger partial charge in [0.05, 0.1) is 0 Å². The Labute approximate surface area is 76.6 Å². The van der Waals surface area contributed by atoms with E-state index in [0.29, 0.717) is 5.56 Å². The van der Waals surface area contributed by atoms with Crippen LogP contribution in [0.25, 0.3) is 0 Å². The van der Waals surface area contributed by atoms with Crippen molar-refractivity contribution >= 4 is 5.97 Å². The number of hydrogen-bond acceptors (Lipinski definition) is 2. The SMILES string of the molecule is CCc1ccccc1C(O)C(=O)O. The first-order chi connectivity index (χ1) is 6.16. The van der Waals surface area contributed by atoms with Crippen molar-refractivity contribution in [3.63, 3.8) is 0 Å². The molecule has 1 aromatic carbocycles. The van der Waals surface area contributed by atoms with Crippen LogP contribution in [0.5, 0.6) is 0 Å². The second kappa shape index (κ2) is 4.05. The predicted molar refractivity (Wildman–Crippen MR) is 48.4 cm³/mol. The second-order valence-electron chi connectivity index (χ2n) is 2.79. The van der Waals surface area contributed by atoms with Gasteiger partial charge in [0.1, 0.15) is 0 Å². The number of rotatable bonds is 3. The summed E-state index contributed by atoms with van der Waals surface area (Å²) < 4.78 is 0. The first-order valence-electron chi connectivity index (χ1n) is 4.15. The van der Waals surface area contributed by atoms with Crippen molar-refractivity contribution in [2.75, 3.05) is 0 Å². The summed E-state index contributed by atoms with van der Waals surface area (Å²) >= 11 is 0. The number of carboxylic acid groups (broad SMARTS) is 1. The van der Waals surface area contributed by atoms with Gasteiger partial charge in [-0.05, 0) is 17.5 Å². The lowest BCUT2D eigenvalue weighted by atomic mass is 10.0. The third-order valence-corrected chi connectivity index (χ3v) is 1.96. The van der Waals surface area contributed by atoms with E-state index in [2.05, 4.69) is 0 Å². The van der Waals surface area contributed by atoms with Crippen molar-refractivity contribution in [1.29, 1.82) is 0 Å². The summed E-state index contributed by atoms with van der Waals surface area (Å²) in [7, 11) is 0. The third kappa shape index (κ3) is 2.06. The molecule has 1 aromatic rings. The highest BCUT2D eigenvalue weighted by Gasteiger charge is 2.17. The van der Waals surface area contributed by atoms with Crippen LogP contribution >= 0.6 is 0 Å². The summed E-state index contributed by atoms with van der Waals surface area (Å²) in [5.41, 5.74) is 1.36. The molecule has 0 aliphatic heterocycles. The number of aliphatic hydroxyl groups excluding tert-OH is 1. The molecule has 0 spiro atoms. The quantitative estimate of drug-likeness (QED) is 0.738. The van der Waals surface area contributed by atoms with E-state index in [1.807, 2.05) is 19.1 Å². The Morgan fingerprint density at radius 3 is 2.62 bits per heavy atom. The lowest BCUT2D eigenvalue weighted by Crippen LogP contribution is -2.12. The molecule has 3 nitrogen and oxygen atoms in total. The first-order valence-corrected chi connectivity index (χ1v) is 4.15. The molecule has 0 heterocycles. The molecule has 0 saturated heterocycles. The van der Waals surface area contributed by atoms with Crippen LogP contribution in [0.3, 0.4) is 0 Å². The molecule has 2 N–H and O–H groups in total. The zero-order chi connectivity index (χ0) is 9.84. The highest BCUT2D eigenvalue weighted by molar-refractivity contribution is 5.74. The van der Waals surface area contributed by atoms with Crippen LogP contribution in [-0.4, -0.2) is 16.2 Å². The van der Waals surface area contributed by atoms with Gasteiger partial charge in [-0.25, -0.2) is 4.79 Å². The predicted octanol–water partition coefficient (Wildman–Crippen LogP) is 1.37. The van der Waals surface area contributed by atoms with Gasteiger partial charge < -0.3 is 10.2 Å². The van der Waals surface area contributed by atoms with Gasteiger partial charge in [0.2, 0.25) is 0 Å². The Bertz CT molecular complexity index is 307. The van der Waals surface area contributed by atoms with Gasteiger partial charge in [-0.3, -0.25) is 0 Å². The minimum absolute atomic E-state index is 0.484. The standard InChI is InChI=1S/C10H12O3/c1-2-7-5-3-4-6-8(7)9(11)10(12)13/h3-6,9,11H,2H2,1H3,(H,12,13). The molecular formula is C10H12O3. The number of aliphatic carboxylic acids is 1. The van der Waals surface area contributed by atoms with Crippen molar-refractivity contribution in [1.82, 2.24) is 0 Å². The molecular weight excluding hydrogens is 168 g/mol. The van der Waals surface area contributed by atoms with Crippen molar-refractivity contribution < 1.29 is 15.0 Å². The maximum absolute atomic E-state index is 10.5. The number of aliphatic hydroxyl groups is 1. The van der Waals surface area contributed by atoms with Gasteiger partial charge in [-0.2, -0.15) is 0 Å². The summed E-state index contributed by atoms with van der Waals surface area (Å²) in [6.45, 7) is 1.92. The van der Waals surface area contributed by atoms with Gasteiger partial charge in [0.15, 0.2) is 6.10 Å². The van der Waals surface area contributed by atoms with E-state index < -0.39 is 12.1 Å². The Morgan fingerprint density at radius 2 is 2.08 bits per heavy atom. The molecule has 0 aliphatic rings. The van der Waals surface area contributed by atoms with Crippen molar-refractivity contribution in [3.05, 3.63) is 35.4 Å². The molecule has 0 amide bonds. The molecule has 0 aromatic heterocycles. The summed E-state index contributed by atoms with van der Waals surface area (Å²) in [4.78, 5) is 10.5. The van der Waals surface area contributed by atoms with Crippen LogP contribution in [-0.2, 0) is 11.2 Å². The third-order valence-electron chi connectivity index (χ3n) is 1.96. The minimum atomic E-state index is -1.41. The van der Waals surface area contributed by atoms with Crippen molar-refractivity contribution in [2.45, 2.75) is 19.4 Å². The lowest BCUT2D eigenvalue weighted by Gasteiger charge is -2.09. The zero-order valence-corrected chi connectivity index (χ0v) is 7.40. The van der Waals surface area contributed by atoms with E-state index in [1.165, 1.54) is 0 Å². The van der Waals surface area contributed by atoms with Gasteiger partial charge >= 0.3 is 5.97 Å². The average Bonchev–Trinajstić information content (AvgIpc) is 2.16. The molecule has 1 unspecified atom stereocenters. The van der Waals surface area contributed by atoms with Gasteiger partial charge in [0, 0.05) is 0 Å². The van der Waals surface area contributed by atoms with E-state index in [4.69, 9.17) is 5.11 Å². The van der Waals surface area contributed by atoms with Crippen molar-refractivity contribution in [2.24, 2.45) is 0 Å². The Morgan fingerprint density at radius 1 is 1.46 bits per heavy atom. The van der Waals surface area contributed by atoms with E-state index in [0.717, 1.165) is 12.0 Å². The zero-order valence-electron chi connectivity index (χ0n) is 7.40. The molecule has 0 fully saturated rings. The monoisotopic (exact) mass is 180 g/mol. The average molecular weight is 180 g/mol. The molecule has 1 atom stereocenters. The Balaban J connectivity index is 3.05. The fraction of sp³-hybridized carbons (Fsp3) is 0.300. The minimum Gasteiger partial charge on any atom is -0.479 e. The molecule has 0 saturated carbocycles. The normalized spacial score (nSPS) is 12.5. The van der Waals surface area contributed by atoms with Crippen LogP contribution in [0.2, 0.25) is 0 Å². The van der Waals surface area contributed by atoms with Crippen LogP contribution in [0, 0.1) is 0 Å². The molecule has 0 bridgehead atoms. The topological polar surface area (TPSA) is 57.5 Å². The van der Waals surface area contributed by atoms with Crippen LogP contribution in [0.15, 0.2) is 24.3 Å². The number of aryl methyl sites for hydroxylation is 1. The van der Waals surface area contributed by atoms with Gasteiger partial charge in [0.25, 0.3) is 0 Å². The summed E-state index contributed by atoms with van der Waals surface area (Å²) in [5.74, 6) is -1.21. The maximum atomic E-state index is 10.5. The Kier molecular flexibility index (Phi) is 3.03. The maximum Gasteiger partial charge on any atom is 0.337 e. The first kappa shape index (κ1) is 9.74. The van der Waals surface area contributed by atoms with Gasteiger partial charge in [-0.1, -0.05) is 31.2 Å². The van der Waals surface area contributed by atoms with E-state index >= 15 is 0 Å². The highest BCUT2D eigenvalue weighted by atomic mass is 16.4.